The fraction of sp³-hybridized carbons (Fsp3) is 0.412. The molecule has 0 spiro atoms. The molecule has 0 aliphatic heterocycles. The molecule has 1 unspecified atom stereocenters. The molecule has 29 heavy (non-hydrogen) atoms. The van der Waals surface area contributed by atoms with E-state index in [1.54, 1.807) is 25.1 Å². The van der Waals surface area contributed by atoms with E-state index >= 15 is 0 Å². The van der Waals surface area contributed by atoms with Crippen LogP contribution in [0.5, 0.6) is 11.5 Å². The number of ether oxygens (including phenoxy) is 2. The van der Waals surface area contributed by atoms with Crippen LogP contribution in [0.4, 0.5) is 18.9 Å². The Morgan fingerprint density at radius 2 is 2.00 bits per heavy atom. The van der Waals surface area contributed by atoms with Crippen molar-refractivity contribution in [1.82, 2.24) is 15.1 Å². The number of benzene rings is 1. The second-order valence-electron chi connectivity index (χ2n) is 6.09. The minimum atomic E-state index is -5.02. The first kappa shape index (κ1) is 22.0. The van der Waals surface area contributed by atoms with Gasteiger partial charge in [0.05, 0.1) is 25.2 Å². The summed E-state index contributed by atoms with van der Waals surface area (Å²) in [5, 5.41) is 16.8. The Hall–Kier alpha value is -3.31. The first-order valence-corrected chi connectivity index (χ1v) is 8.29. The number of hydrogen-bond donors (Lipinski definition) is 1. The smallest absolute Gasteiger partial charge is 0.442 e. The number of hydrogen-bond acceptors (Lipinski definition) is 6. The van der Waals surface area contributed by atoms with Crippen LogP contribution in [0.15, 0.2) is 18.2 Å². The largest absolute Gasteiger partial charge is 0.497 e. The molecular formula is C17H19F3N4O5. The molecule has 0 aliphatic rings. The Morgan fingerprint density at radius 3 is 2.48 bits per heavy atom. The monoisotopic (exact) mass is 416 g/mol. The zero-order chi connectivity index (χ0) is 21.9. The Kier molecular flexibility index (Phi) is 6.34. The molecule has 12 heteroatoms. The number of carbonyl (C=O) groups is 1. The van der Waals surface area contributed by atoms with Crippen molar-refractivity contribution in [3.05, 3.63) is 45.3 Å². The van der Waals surface area contributed by atoms with Crippen LogP contribution in [0.1, 0.15) is 29.9 Å². The first-order valence-electron chi connectivity index (χ1n) is 8.29. The second kappa shape index (κ2) is 8.37. The molecule has 0 aliphatic carbocycles. The van der Waals surface area contributed by atoms with Gasteiger partial charge in [-0.1, -0.05) is 0 Å². The van der Waals surface area contributed by atoms with Crippen molar-refractivity contribution in [3.63, 3.8) is 0 Å². The van der Waals surface area contributed by atoms with Gasteiger partial charge in [-0.3, -0.25) is 19.6 Å². The third kappa shape index (κ3) is 4.76. The number of nitrogens with one attached hydrogen (secondary N) is 1. The van der Waals surface area contributed by atoms with Crippen molar-refractivity contribution in [3.8, 4) is 11.5 Å². The number of nitrogens with zero attached hydrogens (tertiary/aromatic N) is 3. The van der Waals surface area contributed by atoms with Crippen molar-refractivity contribution in [2.45, 2.75) is 32.6 Å². The highest BCUT2D eigenvalue weighted by Crippen LogP contribution is 2.37. The van der Waals surface area contributed by atoms with E-state index in [0.717, 1.165) is 6.92 Å². The molecular weight excluding hydrogens is 397 g/mol. The zero-order valence-corrected chi connectivity index (χ0v) is 16.0. The van der Waals surface area contributed by atoms with Crippen LogP contribution in [0.25, 0.3) is 0 Å². The topological polar surface area (TPSA) is 109 Å². The van der Waals surface area contributed by atoms with Crippen molar-refractivity contribution >= 4 is 11.6 Å². The summed E-state index contributed by atoms with van der Waals surface area (Å²) in [6, 6.07) is 4.38. The molecule has 2 aromatic rings. The van der Waals surface area contributed by atoms with E-state index in [1.807, 2.05) is 0 Å². The number of carbonyl (C=O) groups excluding carboxylic acids is 1. The van der Waals surface area contributed by atoms with Crippen molar-refractivity contribution < 1.29 is 32.4 Å². The van der Waals surface area contributed by atoms with Crippen molar-refractivity contribution in [2.75, 3.05) is 14.2 Å². The molecule has 0 saturated heterocycles. The Labute approximate surface area is 163 Å². The first-order chi connectivity index (χ1) is 13.5. The number of nitro groups is 1. The summed E-state index contributed by atoms with van der Waals surface area (Å²) in [5.41, 5.74) is -2.61. The van der Waals surface area contributed by atoms with Crippen LogP contribution in [-0.4, -0.2) is 34.8 Å². The van der Waals surface area contributed by atoms with Gasteiger partial charge in [-0.05, 0) is 32.0 Å². The molecule has 0 saturated carbocycles. The number of aromatic nitrogens is 2. The lowest BCUT2D eigenvalue weighted by Gasteiger charge is -2.18. The van der Waals surface area contributed by atoms with Crippen molar-refractivity contribution in [1.29, 1.82) is 0 Å². The standard InChI is InChI=1S/C17H19F3N4O5/c1-9(12-7-11(28-3)5-6-13(12)29-4)21-14(25)8-23-10(2)15(24(26)27)16(22-23)17(18,19)20/h5-7,9H,8H2,1-4H3,(H,21,25). The maximum absolute atomic E-state index is 13.0. The molecule has 1 atom stereocenters. The predicted octanol–water partition coefficient (Wildman–Crippen LogP) is 3.01. The Balaban J connectivity index is 2.25. The average molecular weight is 416 g/mol. The fourth-order valence-corrected chi connectivity index (χ4v) is 2.78. The van der Waals surface area contributed by atoms with Crippen LogP contribution < -0.4 is 14.8 Å². The minimum absolute atomic E-state index is 0.371. The maximum Gasteiger partial charge on any atom is 0.442 e. The van der Waals surface area contributed by atoms with Gasteiger partial charge in [0, 0.05) is 5.56 Å². The van der Waals surface area contributed by atoms with E-state index in [0.29, 0.717) is 21.7 Å². The summed E-state index contributed by atoms with van der Waals surface area (Å²) in [4.78, 5) is 22.2. The van der Waals surface area contributed by atoms with Gasteiger partial charge >= 0.3 is 11.9 Å². The summed E-state index contributed by atoms with van der Waals surface area (Å²) in [6.07, 6.45) is -5.02. The second-order valence-corrected chi connectivity index (χ2v) is 6.09. The van der Waals surface area contributed by atoms with Gasteiger partial charge < -0.3 is 14.8 Å². The van der Waals surface area contributed by atoms with Gasteiger partial charge in [-0.2, -0.15) is 18.3 Å². The fourth-order valence-electron chi connectivity index (χ4n) is 2.78. The Bertz CT molecular complexity index is 927. The lowest BCUT2D eigenvalue weighted by molar-refractivity contribution is -0.388. The van der Waals surface area contributed by atoms with E-state index in [1.165, 1.54) is 14.2 Å². The molecule has 0 fully saturated rings. The lowest BCUT2D eigenvalue weighted by atomic mass is 10.1. The van der Waals surface area contributed by atoms with Gasteiger partial charge in [-0.15, -0.1) is 0 Å². The molecule has 9 nitrogen and oxygen atoms in total. The molecule has 1 aromatic carbocycles. The molecule has 0 radical (unpaired) electrons. The average Bonchev–Trinajstić information content (AvgIpc) is 2.97. The van der Waals surface area contributed by atoms with Crippen LogP contribution in [0, 0.1) is 17.0 Å². The highest BCUT2D eigenvalue weighted by Gasteiger charge is 2.44. The third-order valence-electron chi connectivity index (χ3n) is 4.20. The summed E-state index contributed by atoms with van der Waals surface area (Å²) in [6.45, 7) is 2.12. The molecule has 158 valence electrons. The highest BCUT2D eigenvalue weighted by molar-refractivity contribution is 5.76. The summed E-state index contributed by atoms with van der Waals surface area (Å²) >= 11 is 0. The van der Waals surface area contributed by atoms with E-state index in [4.69, 9.17) is 9.47 Å². The summed E-state index contributed by atoms with van der Waals surface area (Å²) in [7, 11) is 2.92. The normalized spacial score (nSPS) is 12.4. The maximum atomic E-state index is 13.0. The van der Waals surface area contributed by atoms with Crippen LogP contribution in [-0.2, 0) is 17.5 Å². The quantitative estimate of drug-likeness (QED) is 0.549. The minimum Gasteiger partial charge on any atom is -0.497 e. The van der Waals surface area contributed by atoms with Crippen LogP contribution >= 0.6 is 0 Å². The SMILES string of the molecule is COc1ccc(OC)c(C(C)NC(=O)Cn2nc(C(F)(F)F)c([N+](=O)[O-])c2C)c1. The molecule has 1 amide bonds. The van der Waals surface area contributed by atoms with Gasteiger partial charge in [0.1, 0.15) is 23.7 Å². The molecule has 1 heterocycles. The van der Waals surface area contributed by atoms with Crippen molar-refractivity contribution in [2.24, 2.45) is 0 Å². The van der Waals surface area contributed by atoms with Gasteiger partial charge in [0.25, 0.3) is 0 Å². The summed E-state index contributed by atoms with van der Waals surface area (Å²) in [5.74, 6) is 0.315. The molecule has 1 aromatic heterocycles. The van der Waals surface area contributed by atoms with E-state index in [-0.39, 0.29) is 5.69 Å². The Morgan fingerprint density at radius 1 is 1.34 bits per heavy atom. The van der Waals surface area contributed by atoms with E-state index in [2.05, 4.69) is 10.4 Å². The number of rotatable bonds is 7. The van der Waals surface area contributed by atoms with Gasteiger partial charge in [-0.25, -0.2) is 0 Å². The third-order valence-corrected chi connectivity index (χ3v) is 4.20. The number of alkyl halides is 3. The van der Waals surface area contributed by atoms with Crippen LogP contribution in [0.2, 0.25) is 0 Å². The highest BCUT2D eigenvalue weighted by atomic mass is 19.4. The van der Waals surface area contributed by atoms with E-state index in [9.17, 15) is 28.1 Å². The number of amides is 1. The molecule has 0 bridgehead atoms. The lowest BCUT2D eigenvalue weighted by Crippen LogP contribution is -2.31. The van der Waals surface area contributed by atoms with Gasteiger partial charge in [0.2, 0.25) is 11.6 Å². The number of methoxy groups -OCH3 is 2. The zero-order valence-electron chi connectivity index (χ0n) is 16.0. The summed E-state index contributed by atoms with van der Waals surface area (Å²) < 4.78 is 50.1. The molecule has 2 rings (SSSR count). The number of halogens is 3. The van der Waals surface area contributed by atoms with Crippen LogP contribution in [0.3, 0.4) is 0 Å². The molecule has 1 N–H and O–H groups in total. The van der Waals surface area contributed by atoms with Gasteiger partial charge in [0.15, 0.2) is 0 Å². The van der Waals surface area contributed by atoms with E-state index < -0.39 is 41.0 Å². The predicted molar refractivity (Wildman–Crippen MR) is 94.7 cm³/mol.